The molecule has 0 unspecified atom stereocenters. The van der Waals surface area contributed by atoms with Crippen molar-refractivity contribution in [3.63, 3.8) is 0 Å². The van der Waals surface area contributed by atoms with Crippen molar-refractivity contribution in [2.45, 2.75) is 60.3 Å². The van der Waals surface area contributed by atoms with E-state index in [9.17, 15) is 15.3 Å². The van der Waals surface area contributed by atoms with Gasteiger partial charge in [0.25, 0.3) is 0 Å². The first-order valence-electron chi connectivity index (χ1n) is 10.5. The summed E-state index contributed by atoms with van der Waals surface area (Å²) in [5.41, 5.74) is 9.00. The van der Waals surface area contributed by atoms with E-state index in [1.165, 1.54) is 0 Å². The molecule has 158 valence electrons. The Labute approximate surface area is 179 Å². The Morgan fingerprint density at radius 3 is 1.43 bits per heavy atom. The summed E-state index contributed by atoms with van der Waals surface area (Å²) in [7, 11) is 0. The topological polar surface area (TPSA) is 60.7 Å². The van der Waals surface area contributed by atoms with Gasteiger partial charge in [0, 0.05) is 5.92 Å². The number of aryl methyl sites for hydroxylation is 4. The van der Waals surface area contributed by atoms with Crippen LogP contribution in [0.5, 0.6) is 17.2 Å². The highest BCUT2D eigenvalue weighted by Crippen LogP contribution is 2.40. The average molecular weight is 405 g/mol. The van der Waals surface area contributed by atoms with Gasteiger partial charge in [0.05, 0.1) is 0 Å². The standard InChI is InChI=1S/C27H32O3/c1-15-9-21(18(4)25(28)12-15)7-8-22(23-10-16(2)13-26(29)19(23)5)24-11-17(3)14-27(30)20(24)6/h9-14,22,28-30H,7-8H2,1-6H3. The molecule has 3 rings (SSSR count). The predicted molar refractivity (Wildman–Crippen MR) is 123 cm³/mol. The van der Waals surface area contributed by atoms with Gasteiger partial charge < -0.3 is 15.3 Å². The summed E-state index contributed by atoms with van der Waals surface area (Å²) >= 11 is 0. The fourth-order valence-electron chi connectivity index (χ4n) is 4.41. The third-order valence-electron chi connectivity index (χ3n) is 6.21. The van der Waals surface area contributed by atoms with Gasteiger partial charge in [0.1, 0.15) is 17.2 Å². The molecule has 3 N–H and O–H groups in total. The molecular weight excluding hydrogens is 372 g/mol. The molecule has 3 aromatic carbocycles. The van der Waals surface area contributed by atoms with E-state index in [1.807, 2.05) is 41.5 Å². The number of aromatic hydroxyl groups is 3. The van der Waals surface area contributed by atoms with Crippen molar-refractivity contribution in [2.75, 3.05) is 0 Å². The first kappa shape index (κ1) is 21.8. The number of benzene rings is 3. The van der Waals surface area contributed by atoms with Gasteiger partial charge in [-0.3, -0.25) is 0 Å². The third-order valence-corrected chi connectivity index (χ3v) is 6.21. The van der Waals surface area contributed by atoms with Crippen LogP contribution in [0, 0.1) is 41.5 Å². The molecule has 0 aliphatic heterocycles. The van der Waals surface area contributed by atoms with Gasteiger partial charge in [0.2, 0.25) is 0 Å². The van der Waals surface area contributed by atoms with Crippen molar-refractivity contribution in [3.8, 4) is 17.2 Å². The van der Waals surface area contributed by atoms with E-state index < -0.39 is 0 Å². The lowest BCUT2D eigenvalue weighted by atomic mass is 9.80. The van der Waals surface area contributed by atoms with E-state index in [-0.39, 0.29) is 5.92 Å². The molecule has 0 aliphatic carbocycles. The number of phenols is 3. The molecule has 0 fully saturated rings. The largest absolute Gasteiger partial charge is 0.508 e. The van der Waals surface area contributed by atoms with Crippen molar-refractivity contribution >= 4 is 0 Å². The first-order valence-corrected chi connectivity index (χ1v) is 10.5. The van der Waals surface area contributed by atoms with Gasteiger partial charge in [-0.1, -0.05) is 18.2 Å². The molecule has 0 radical (unpaired) electrons. The van der Waals surface area contributed by atoms with Gasteiger partial charge in [-0.05, 0) is 123 Å². The molecule has 3 nitrogen and oxygen atoms in total. The Balaban J connectivity index is 2.12. The Bertz CT molecular complexity index is 1040. The van der Waals surface area contributed by atoms with E-state index in [1.54, 1.807) is 18.2 Å². The summed E-state index contributed by atoms with van der Waals surface area (Å²) in [6.07, 6.45) is 1.59. The lowest BCUT2D eigenvalue weighted by molar-refractivity contribution is 0.467. The normalized spacial score (nSPS) is 11.3. The summed E-state index contributed by atoms with van der Waals surface area (Å²) < 4.78 is 0. The molecule has 3 heteroatoms. The van der Waals surface area contributed by atoms with Crippen LogP contribution >= 0.6 is 0 Å². The van der Waals surface area contributed by atoms with Crippen molar-refractivity contribution < 1.29 is 15.3 Å². The smallest absolute Gasteiger partial charge is 0.119 e. The summed E-state index contributed by atoms with van der Waals surface area (Å²) in [6, 6.07) is 11.8. The molecule has 30 heavy (non-hydrogen) atoms. The molecule has 3 aromatic rings. The molecular formula is C27H32O3. The van der Waals surface area contributed by atoms with Crippen LogP contribution in [0.2, 0.25) is 0 Å². The van der Waals surface area contributed by atoms with Crippen molar-refractivity contribution in [2.24, 2.45) is 0 Å². The number of phenolic OH excluding ortho intramolecular Hbond substituents is 3. The maximum atomic E-state index is 10.5. The maximum absolute atomic E-state index is 10.5. The van der Waals surface area contributed by atoms with E-state index in [0.29, 0.717) is 17.2 Å². The SMILES string of the molecule is Cc1cc(O)c(C)c(CCC(c2cc(C)cc(O)c2C)c2cc(C)cc(O)c2C)c1. The number of hydrogen-bond donors (Lipinski definition) is 3. The zero-order valence-electron chi connectivity index (χ0n) is 18.8. The highest BCUT2D eigenvalue weighted by molar-refractivity contribution is 5.52. The van der Waals surface area contributed by atoms with Crippen LogP contribution < -0.4 is 0 Å². The summed E-state index contributed by atoms with van der Waals surface area (Å²) in [6.45, 7) is 11.8. The highest BCUT2D eigenvalue weighted by atomic mass is 16.3. The van der Waals surface area contributed by atoms with Crippen LogP contribution in [-0.2, 0) is 6.42 Å². The monoisotopic (exact) mass is 404 g/mol. The summed E-state index contributed by atoms with van der Waals surface area (Å²) in [4.78, 5) is 0. The fraction of sp³-hybridized carbons (Fsp3) is 0.333. The molecule has 0 saturated carbocycles. The first-order chi connectivity index (χ1) is 14.1. The van der Waals surface area contributed by atoms with Gasteiger partial charge in [-0.15, -0.1) is 0 Å². The number of hydrogen-bond acceptors (Lipinski definition) is 3. The number of rotatable bonds is 5. The van der Waals surface area contributed by atoms with Crippen LogP contribution in [0.4, 0.5) is 0 Å². The quantitative estimate of drug-likeness (QED) is 0.460. The highest BCUT2D eigenvalue weighted by Gasteiger charge is 2.22. The minimum absolute atomic E-state index is 0.0173. The maximum Gasteiger partial charge on any atom is 0.119 e. The van der Waals surface area contributed by atoms with Crippen LogP contribution in [0.3, 0.4) is 0 Å². The van der Waals surface area contributed by atoms with E-state index in [2.05, 4.69) is 18.2 Å². The van der Waals surface area contributed by atoms with Gasteiger partial charge in [-0.2, -0.15) is 0 Å². The van der Waals surface area contributed by atoms with Crippen LogP contribution in [0.1, 0.15) is 62.4 Å². The Morgan fingerprint density at radius 2 is 0.967 bits per heavy atom. The van der Waals surface area contributed by atoms with Gasteiger partial charge in [-0.25, -0.2) is 0 Å². The fourth-order valence-corrected chi connectivity index (χ4v) is 4.41. The molecule has 0 aromatic heterocycles. The zero-order valence-corrected chi connectivity index (χ0v) is 18.8. The van der Waals surface area contributed by atoms with E-state index in [0.717, 1.165) is 62.9 Å². The zero-order chi connectivity index (χ0) is 22.2. The molecule has 0 bridgehead atoms. The summed E-state index contributed by atoms with van der Waals surface area (Å²) in [5, 5.41) is 31.2. The van der Waals surface area contributed by atoms with Crippen molar-refractivity contribution in [3.05, 3.63) is 86.5 Å². The molecule has 0 spiro atoms. The van der Waals surface area contributed by atoms with Crippen LogP contribution in [0.15, 0.2) is 36.4 Å². The Hall–Kier alpha value is -2.94. The van der Waals surface area contributed by atoms with E-state index >= 15 is 0 Å². The lowest BCUT2D eigenvalue weighted by Gasteiger charge is -2.24. The molecule has 0 heterocycles. The lowest BCUT2D eigenvalue weighted by Crippen LogP contribution is -2.09. The minimum atomic E-state index is 0.0173. The van der Waals surface area contributed by atoms with Crippen LogP contribution in [-0.4, -0.2) is 15.3 Å². The molecule has 0 atom stereocenters. The molecule has 0 saturated heterocycles. The van der Waals surface area contributed by atoms with Crippen molar-refractivity contribution in [1.82, 2.24) is 0 Å². The van der Waals surface area contributed by atoms with Gasteiger partial charge >= 0.3 is 0 Å². The summed E-state index contributed by atoms with van der Waals surface area (Å²) in [5.74, 6) is 0.946. The van der Waals surface area contributed by atoms with Crippen molar-refractivity contribution in [1.29, 1.82) is 0 Å². The third kappa shape index (κ3) is 4.30. The van der Waals surface area contributed by atoms with E-state index in [4.69, 9.17) is 0 Å². The average Bonchev–Trinajstić information content (AvgIpc) is 2.66. The van der Waals surface area contributed by atoms with Gasteiger partial charge in [0.15, 0.2) is 0 Å². The second kappa shape index (κ2) is 8.43. The van der Waals surface area contributed by atoms with Crippen LogP contribution in [0.25, 0.3) is 0 Å². The second-order valence-corrected chi connectivity index (χ2v) is 8.66. The predicted octanol–water partition coefficient (Wildman–Crippen LogP) is 6.42. The Kier molecular flexibility index (Phi) is 6.12. The Morgan fingerprint density at radius 1 is 0.567 bits per heavy atom. The molecule has 0 aliphatic rings. The second-order valence-electron chi connectivity index (χ2n) is 8.66. The minimum Gasteiger partial charge on any atom is -0.508 e. The molecule has 0 amide bonds.